The van der Waals surface area contributed by atoms with Crippen LogP contribution in [0.5, 0.6) is 5.75 Å². The quantitative estimate of drug-likeness (QED) is 0.653. The van der Waals surface area contributed by atoms with Gasteiger partial charge < -0.3 is 4.74 Å². The summed E-state index contributed by atoms with van der Waals surface area (Å²) in [5.41, 5.74) is 3.92. The molecule has 1 heteroatoms. The van der Waals surface area contributed by atoms with E-state index >= 15 is 0 Å². The van der Waals surface area contributed by atoms with Crippen LogP contribution >= 0.6 is 0 Å². The lowest BCUT2D eigenvalue weighted by atomic mass is 10.0. The molecule has 0 aromatic heterocycles. The summed E-state index contributed by atoms with van der Waals surface area (Å²) < 4.78 is 5.30. The minimum atomic E-state index is 1.02. The molecular formula is C11H16O. The van der Waals surface area contributed by atoms with E-state index in [1.807, 2.05) is 0 Å². The molecule has 0 N–H and O–H groups in total. The van der Waals surface area contributed by atoms with Gasteiger partial charge in [-0.3, -0.25) is 0 Å². The highest BCUT2D eigenvalue weighted by molar-refractivity contribution is 5.42. The molecule has 12 heavy (non-hydrogen) atoms. The molecule has 0 spiro atoms. The summed E-state index contributed by atoms with van der Waals surface area (Å²) in [6.45, 7) is 6.38. The Morgan fingerprint density at radius 1 is 1.25 bits per heavy atom. The Labute approximate surface area is 74.4 Å². The van der Waals surface area contributed by atoms with Gasteiger partial charge in [-0.15, -0.1) is 0 Å². The maximum absolute atomic E-state index is 5.30. The Hall–Kier alpha value is -0.980. The Kier molecular flexibility index (Phi) is 2.74. The van der Waals surface area contributed by atoms with Crippen molar-refractivity contribution in [1.29, 1.82) is 0 Å². The van der Waals surface area contributed by atoms with Gasteiger partial charge in [0.2, 0.25) is 0 Å². The van der Waals surface area contributed by atoms with Crippen molar-refractivity contribution in [2.75, 3.05) is 7.11 Å². The molecule has 0 aliphatic rings. The maximum atomic E-state index is 5.30. The standard InChI is InChI=1S/C11H16O/c1-5-10-9(3)6-8(2)7-11(10)12-4/h6-7H,5H2,1-4H3. The first-order chi connectivity index (χ1) is 5.69. The van der Waals surface area contributed by atoms with Crippen molar-refractivity contribution in [3.8, 4) is 5.75 Å². The van der Waals surface area contributed by atoms with Crippen molar-refractivity contribution in [1.82, 2.24) is 0 Å². The van der Waals surface area contributed by atoms with Crippen molar-refractivity contribution in [3.05, 3.63) is 28.8 Å². The Morgan fingerprint density at radius 2 is 1.92 bits per heavy atom. The van der Waals surface area contributed by atoms with Gasteiger partial charge in [0.1, 0.15) is 5.75 Å². The zero-order valence-corrected chi connectivity index (χ0v) is 8.27. The molecule has 0 fully saturated rings. The van der Waals surface area contributed by atoms with Crippen LogP contribution < -0.4 is 4.74 Å². The van der Waals surface area contributed by atoms with E-state index in [2.05, 4.69) is 32.9 Å². The van der Waals surface area contributed by atoms with Crippen molar-refractivity contribution >= 4 is 0 Å². The summed E-state index contributed by atoms with van der Waals surface area (Å²) in [5.74, 6) is 1.02. The molecule has 0 unspecified atom stereocenters. The molecular weight excluding hydrogens is 148 g/mol. The first-order valence-corrected chi connectivity index (χ1v) is 4.33. The highest BCUT2D eigenvalue weighted by Gasteiger charge is 2.04. The lowest BCUT2D eigenvalue weighted by Crippen LogP contribution is -1.94. The molecule has 1 nitrogen and oxygen atoms in total. The van der Waals surface area contributed by atoms with Gasteiger partial charge in [-0.1, -0.05) is 13.0 Å². The van der Waals surface area contributed by atoms with Crippen molar-refractivity contribution in [2.45, 2.75) is 27.2 Å². The number of rotatable bonds is 2. The summed E-state index contributed by atoms with van der Waals surface area (Å²) in [6.07, 6.45) is 1.04. The van der Waals surface area contributed by atoms with Gasteiger partial charge in [0.15, 0.2) is 0 Å². The monoisotopic (exact) mass is 164 g/mol. The second kappa shape index (κ2) is 3.61. The summed E-state index contributed by atoms with van der Waals surface area (Å²) >= 11 is 0. The molecule has 0 saturated heterocycles. The second-order valence-corrected chi connectivity index (χ2v) is 3.12. The fourth-order valence-corrected chi connectivity index (χ4v) is 1.59. The molecule has 0 radical (unpaired) electrons. The van der Waals surface area contributed by atoms with Gasteiger partial charge in [0.05, 0.1) is 7.11 Å². The second-order valence-electron chi connectivity index (χ2n) is 3.12. The molecule has 1 rings (SSSR count). The molecule has 66 valence electrons. The van der Waals surface area contributed by atoms with E-state index < -0.39 is 0 Å². The predicted molar refractivity (Wildman–Crippen MR) is 51.8 cm³/mol. The van der Waals surface area contributed by atoms with Gasteiger partial charge in [-0.05, 0) is 43.0 Å². The van der Waals surface area contributed by atoms with Crippen LogP contribution in [-0.2, 0) is 6.42 Å². The smallest absolute Gasteiger partial charge is 0.122 e. The van der Waals surface area contributed by atoms with Crippen LogP contribution in [0.1, 0.15) is 23.6 Å². The molecule has 0 aliphatic carbocycles. The number of methoxy groups -OCH3 is 1. The number of ether oxygens (including phenoxy) is 1. The van der Waals surface area contributed by atoms with Gasteiger partial charge in [-0.25, -0.2) is 0 Å². The average Bonchev–Trinajstić information content (AvgIpc) is 2.03. The normalized spacial score (nSPS) is 10.0. The molecule has 1 aromatic carbocycles. The minimum Gasteiger partial charge on any atom is -0.496 e. The summed E-state index contributed by atoms with van der Waals surface area (Å²) in [6, 6.07) is 4.28. The third-order valence-electron chi connectivity index (χ3n) is 2.15. The van der Waals surface area contributed by atoms with Gasteiger partial charge in [0, 0.05) is 0 Å². The van der Waals surface area contributed by atoms with E-state index in [0.717, 1.165) is 12.2 Å². The Morgan fingerprint density at radius 3 is 2.42 bits per heavy atom. The molecule has 0 heterocycles. The van der Waals surface area contributed by atoms with Crippen LogP contribution in [0.2, 0.25) is 0 Å². The summed E-state index contributed by atoms with van der Waals surface area (Å²) in [7, 11) is 1.73. The molecule has 0 amide bonds. The Bertz CT molecular complexity index is 277. The number of hydrogen-bond donors (Lipinski definition) is 0. The van der Waals surface area contributed by atoms with Crippen LogP contribution in [0.4, 0.5) is 0 Å². The van der Waals surface area contributed by atoms with Crippen molar-refractivity contribution in [2.24, 2.45) is 0 Å². The lowest BCUT2D eigenvalue weighted by Gasteiger charge is -2.10. The van der Waals surface area contributed by atoms with E-state index in [-0.39, 0.29) is 0 Å². The highest BCUT2D eigenvalue weighted by atomic mass is 16.5. The first kappa shape index (κ1) is 9.11. The van der Waals surface area contributed by atoms with Crippen LogP contribution in [0.25, 0.3) is 0 Å². The van der Waals surface area contributed by atoms with Gasteiger partial charge in [-0.2, -0.15) is 0 Å². The van der Waals surface area contributed by atoms with Crippen LogP contribution in [0.15, 0.2) is 12.1 Å². The fourth-order valence-electron chi connectivity index (χ4n) is 1.59. The average molecular weight is 164 g/mol. The number of hydrogen-bond acceptors (Lipinski definition) is 1. The number of aryl methyl sites for hydroxylation is 2. The fraction of sp³-hybridized carbons (Fsp3) is 0.455. The zero-order chi connectivity index (χ0) is 9.14. The van der Waals surface area contributed by atoms with E-state index in [9.17, 15) is 0 Å². The number of benzene rings is 1. The largest absolute Gasteiger partial charge is 0.496 e. The highest BCUT2D eigenvalue weighted by Crippen LogP contribution is 2.24. The van der Waals surface area contributed by atoms with Crippen molar-refractivity contribution in [3.63, 3.8) is 0 Å². The van der Waals surface area contributed by atoms with Gasteiger partial charge >= 0.3 is 0 Å². The summed E-state index contributed by atoms with van der Waals surface area (Å²) in [5, 5.41) is 0. The first-order valence-electron chi connectivity index (χ1n) is 4.33. The molecule has 0 atom stereocenters. The topological polar surface area (TPSA) is 9.23 Å². The summed E-state index contributed by atoms with van der Waals surface area (Å²) in [4.78, 5) is 0. The van der Waals surface area contributed by atoms with E-state index in [1.54, 1.807) is 7.11 Å². The lowest BCUT2D eigenvalue weighted by molar-refractivity contribution is 0.409. The van der Waals surface area contributed by atoms with Crippen LogP contribution in [0, 0.1) is 13.8 Å². The Balaban J connectivity index is 3.24. The van der Waals surface area contributed by atoms with E-state index in [4.69, 9.17) is 4.74 Å². The van der Waals surface area contributed by atoms with Gasteiger partial charge in [0.25, 0.3) is 0 Å². The zero-order valence-electron chi connectivity index (χ0n) is 8.27. The molecule has 0 aliphatic heterocycles. The van der Waals surface area contributed by atoms with E-state index in [1.165, 1.54) is 16.7 Å². The predicted octanol–water partition coefficient (Wildman–Crippen LogP) is 2.87. The van der Waals surface area contributed by atoms with Crippen LogP contribution in [-0.4, -0.2) is 7.11 Å². The van der Waals surface area contributed by atoms with Crippen LogP contribution in [0.3, 0.4) is 0 Å². The minimum absolute atomic E-state index is 1.02. The third-order valence-corrected chi connectivity index (χ3v) is 2.15. The van der Waals surface area contributed by atoms with E-state index in [0.29, 0.717) is 0 Å². The maximum Gasteiger partial charge on any atom is 0.122 e. The molecule has 1 aromatic rings. The molecule has 0 saturated carbocycles. The SMILES string of the molecule is CCc1c(C)cc(C)cc1OC. The third kappa shape index (κ3) is 1.60. The van der Waals surface area contributed by atoms with Crippen molar-refractivity contribution < 1.29 is 4.74 Å². The molecule has 0 bridgehead atoms.